The third kappa shape index (κ3) is 3.91. The van der Waals surface area contributed by atoms with Crippen LogP contribution in [0.25, 0.3) is 11.2 Å². The van der Waals surface area contributed by atoms with Crippen molar-refractivity contribution in [1.29, 1.82) is 0 Å². The summed E-state index contributed by atoms with van der Waals surface area (Å²) in [7, 11) is 0. The number of aliphatic hydroxyl groups excluding tert-OH is 1. The second kappa shape index (κ2) is 7.61. The van der Waals surface area contributed by atoms with Gasteiger partial charge in [-0.3, -0.25) is 19.9 Å². The maximum absolute atomic E-state index is 12.0. The van der Waals surface area contributed by atoms with E-state index in [2.05, 4.69) is 20.3 Å². The summed E-state index contributed by atoms with van der Waals surface area (Å²) in [6.07, 6.45) is 8.44. The van der Waals surface area contributed by atoms with Gasteiger partial charge in [-0.25, -0.2) is 4.98 Å². The van der Waals surface area contributed by atoms with E-state index in [1.165, 1.54) is 6.33 Å². The van der Waals surface area contributed by atoms with Crippen molar-refractivity contribution in [3.63, 3.8) is 0 Å². The number of fused-ring (bicyclic) bond motifs is 1. The highest BCUT2D eigenvalue weighted by Gasteiger charge is 2.15. The number of hydrogen-bond acceptors (Lipinski definition) is 6. The average Bonchev–Trinajstić information content (AvgIpc) is 2.94. The summed E-state index contributed by atoms with van der Waals surface area (Å²) >= 11 is 0. The van der Waals surface area contributed by atoms with Gasteiger partial charge >= 0.3 is 0 Å². The van der Waals surface area contributed by atoms with Crippen molar-refractivity contribution in [1.82, 2.24) is 19.5 Å². The molecule has 24 heavy (non-hydrogen) atoms. The van der Waals surface area contributed by atoms with Crippen molar-refractivity contribution >= 4 is 23.0 Å². The predicted molar refractivity (Wildman–Crippen MR) is 87.0 cm³/mol. The van der Waals surface area contributed by atoms with Gasteiger partial charge < -0.3 is 14.4 Å². The van der Waals surface area contributed by atoms with Crippen LogP contribution in [0, 0.1) is 18.4 Å². The van der Waals surface area contributed by atoms with Crippen LogP contribution in [-0.4, -0.2) is 43.2 Å². The van der Waals surface area contributed by atoms with Gasteiger partial charge in [-0.05, 0) is 0 Å². The number of H-pyrrole nitrogens is 1. The predicted octanol–water partition coefficient (Wildman–Crippen LogP) is 0.0724. The smallest absolute Gasteiger partial charge is 0.280 e. The quantitative estimate of drug-likeness (QED) is 0.617. The molecule has 0 aromatic carbocycles. The fourth-order valence-corrected chi connectivity index (χ4v) is 2.00. The molecule has 0 saturated carbocycles. The lowest BCUT2D eigenvalue weighted by molar-refractivity contribution is -0.118. The molecule has 1 amide bonds. The first kappa shape index (κ1) is 17.5. The van der Waals surface area contributed by atoms with Crippen LogP contribution in [0.5, 0.6) is 0 Å². The fourth-order valence-electron chi connectivity index (χ4n) is 2.00. The van der Waals surface area contributed by atoms with E-state index in [1.807, 2.05) is 6.11 Å². The number of nitrogens with one attached hydrogen (secondary N) is 2. The minimum atomic E-state index is -0.519. The number of ether oxygens (including phenoxy) is 1. The molecular formula is C15H19N5O4. The van der Waals surface area contributed by atoms with Crippen molar-refractivity contribution in [2.75, 3.05) is 11.9 Å². The van der Waals surface area contributed by atoms with Crippen molar-refractivity contribution in [2.45, 2.75) is 32.9 Å². The molecule has 0 fully saturated rings. The fraction of sp³-hybridized carbons (Fsp3) is 0.467. The standard InChI is InChI=1S/C15H19N5O4/c1-4-24-10(7-21)5-6-20-8-16-11-12(20)17-15(19-14(11)23)18-13(22)9(2)3/h1,8-10,21H,5-7H2,2-3H3,(H2,17,18,19,22,23). The molecule has 0 saturated heterocycles. The Kier molecular flexibility index (Phi) is 5.55. The van der Waals surface area contributed by atoms with Gasteiger partial charge in [0, 0.05) is 18.9 Å². The zero-order chi connectivity index (χ0) is 17.7. The molecule has 0 aliphatic carbocycles. The van der Waals surface area contributed by atoms with Crippen LogP contribution in [0.2, 0.25) is 0 Å². The number of imidazole rings is 1. The number of rotatable bonds is 7. The number of hydrogen-bond donors (Lipinski definition) is 3. The van der Waals surface area contributed by atoms with Gasteiger partial charge in [0.2, 0.25) is 11.9 Å². The van der Waals surface area contributed by atoms with E-state index < -0.39 is 11.7 Å². The number of aliphatic hydroxyl groups is 1. The minimum absolute atomic E-state index is 0.0616. The molecule has 2 heterocycles. The average molecular weight is 333 g/mol. The number of terminal acetylenes is 1. The first-order valence-electron chi connectivity index (χ1n) is 7.44. The van der Waals surface area contributed by atoms with Crippen LogP contribution >= 0.6 is 0 Å². The molecule has 2 rings (SSSR count). The van der Waals surface area contributed by atoms with Crippen LogP contribution in [0.1, 0.15) is 20.3 Å². The molecule has 2 aromatic rings. The third-order valence-electron chi connectivity index (χ3n) is 3.37. The van der Waals surface area contributed by atoms with E-state index in [0.29, 0.717) is 18.6 Å². The van der Waals surface area contributed by atoms with Gasteiger partial charge in [0.25, 0.3) is 5.56 Å². The Morgan fingerprint density at radius 3 is 2.96 bits per heavy atom. The van der Waals surface area contributed by atoms with E-state index in [9.17, 15) is 14.7 Å². The summed E-state index contributed by atoms with van der Waals surface area (Å²) in [5.74, 6) is -0.444. The first-order valence-corrected chi connectivity index (χ1v) is 7.44. The van der Waals surface area contributed by atoms with E-state index in [0.717, 1.165) is 0 Å². The SMILES string of the molecule is C#COC(CO)CCn1cnc2c(=O)[nH]c(NC(=O)C(C)C)nc21. The Balaban J connectivity index is 2.26. The number of aromatic amines is 1. The topological polar surface area (TPSA) is 122 Å². The van der Waals surface area contributed by atoms with Gasteiger partial charge in [0.15, 0.2) is 11.2 Å². The van der Waals surface area contributed by atoms with Gasteiger partial charge in [0.1, 0.15) is 12.2 Å². The number of carbonyl (C=O) groups is 1. The lowest BCUT2D eigenvalue weighted by atomic mass is 10.2. The molecule has 0 aliphatic rings. The first-order chi connectivity index (χ1) is 11.5. The van der Waals surface area contributed by atoms with Crippen molar-refractivity contribution in [3.8, 4) is 12.5 Å². The molecule has 128 valence electrons. The third-order valence-corrected chi connectivity index (χ3v) is 3.37. The number of anilines is 1. The lowest BCUT2D eigenvalue weighted by Crippen LogP contribution is -2.22. The van der Waals surface area contributed by atoms with Crippen LogP contribution in [0.4, 0.5) is 5.95 Å². The van der Waals surface area contributed by atoms with Gasteiger partial charge in [-0.2, -0.15) is 4.98 Å². The normalized spacial score (nSPS) is 12.1. The van der Waals surface area contributed by atoms with E-state index in [1.54, 1.807) is 18.4 Å². The molecule has 3 N–H and O–H groups in total. The van der Waals surface area contributed by atoms with E-state index in [-0.39, 0.29) is 29.9 Å². The minimum Gasteiger partial charge on any atom is -0.441 e. The number of amides is 1. The van der Waals surface area contributed by atoms with Crippen molar-refractivity contribution in [3.05, 3.63) is 16.7 Å². The number of nitrogens with zero attached hydrogens (tertiary/aromatic N) is 3. The number of carbonyl (C=O) groups excluding carboxylic acids is 1. The number of aromatic nitrogens is 4. The summed E-state index contributed by atoms with van der Waals surface area (Å²) in [5, 5.41) is 11.7. The molecule has 0 bridgehead atoms. The van der Waals surface area contributed by atoms with Crippen LogP contribution in [0.3, 0.4) is 0 Å². The van der Waals surface area contributed by atoms with Gasteiger partial charge in [0.05, 0.1) is 12.9 Å². The second-order valence-corrected chi connectivity index (χ2v) is 5.50. The summed E-state index contributed by atoms with van der Waals surface area (Å²) < 4.78 is 6.56. The van der Waals surface area contributed by atoms with E-state index >= 15 is 0 Å². The second-order valence-electron chi connectivity index (χ2n) is 5.50. The van der Waals surface area contributed by atoms with Crippen molar-refractivity contribution < 1.29 is 14.6 Å². The van der Waals surface area contributed by atoms with Crippen molar-refractivity contribution in [2.24, 2.45) is 5.92 Å². The van der Waals surface area contributed by atoms with Crippen LogP contribution < -0.4 is 10.9 Å². The zero-order valence-electron chi connectivity index (χ0n) is 13.4. The molecular weight excluding hydrogens is 314 g/mol. The number of aryl methyl sites for hydroxylation is 1. The maximum Gasteiger partial charge on any atom is 0.280 e. The Morgan fingerprint density at radius 1 is 1.58 bits per heavy atom. The zero-order valence-corrected chi connectivity index (χ0v) is 13.4. The highest BCUT2D eigenvalue weighted by molar-refractivity contribution is 5.91. The summed E-state index contributed by atoms with van der Waals surface area (Å²) in [5.41, 5.74) is 0.0440. The molecule has 0 radical (unpaired) electrons. The summed E-state index contributed by atoms with van der Waals surface area (Å²) in [6, 6.07) is 0. The Morgan fingerprint density at radius 2 is 2.33 bits per heavy atom. The molecule has 0 aliphatic heterocycles. The highest BCUT2D eigenvalue weighted by Crippen LogP contribution is 2.11. The van der Waals surface area contributed by atoms with Crippen LogP contribution in [-0.2, 0) is 16.1 Å². The monoisotopic (exact) mass is 333 g/mol. The molecule has 1 unspecified atom stereocenters. The largest absolute Gasteiger partial charge is 0.441 e. The maximum atomic E-state index is 12.0. The van der Waals surface area contributed by atoms with Gasteiger partial charge in [-0.1, -0.05) is 20.3 Å². The summed E-state index contributed by atoms with van der Waals surface area (Å²) in [6.45, 7) is 3.63. The van der Waals surface area contributed by atoms with Crippen LogP contribution in [0.15, 0.2) is 11.1 Å². The van der Waals surface area contributed by atoms with Gasteiger partial charge in [-0.15, -0.1) is 0 Å². The Bertz CT molecular complexity index is 817. The molecule has 2 aromatic heterocycles. The Labute approximate surface area is 138 Å². The molecule has 9 nitrogen and oxygen atoms in total. The highest BCUT2D eigenvalue weighted by atomic mass is 16.5. The lowest BCUT2D eigenvalue weighted by Gasteiger charge is -2.12. The van der Waals surface area contributed by atoms with E-state index in [4.69, 9.17) is 11.2 Å². The summed E-state index contributed by atoms with van der Waals surface area (Å²) in [4.78, 5) is 34.5. The molecule has 0 spiro atoms. The molecule has 9 heteroatoms. The Hall–Kier alpha value is -2.86. The molecule has 1 atom stereocenters.